The molecule has 3 rings (SSSR count). The van der Waals surface area contributed by atoms with Crippen molar-refractivity contribution in [2.75, 3.05) is 19.6 Å². The molecule has 0 saturated carbocycles. The van der Waals surface area contributed by atoms with Crippen LogP contribution in [-0.4, -0.2) is 51.1 Å². The molecule has 134 valence electrons. The van der Waals surface area contributed by atoms with Gasteiger partial charge >= 0.3 is 0 Å². The molecule has 2 aromatic rings. The summed E-state index contributed by atoms with van der Waals surface area (Å²) in [6, 6.07) is 0.251. The molecule has 1 aliphatic heterocycles. The van der Waals surface area contributed by atoms with E-state index in [2.05, 4.69) is 31.2 Å². The van der Waals surface area contributed by atoms with Crippen LogP contribution < -0.4 is 5.32 Å². The van der Waals surface area contributed by atoms with Crippen molar-refractivity contribution in [3.63, 3.8) is 0 Å². The maximum atomic E-state index is 12.4. The Morgan fingerprint density at radius 2 is 2.12 bits per heavy atom. The lowest BCUT2D eigenvalue weighted by Crippen LogP contribution is -2.50. The van der Waals surface area contributed by atoms with Gasteiger partial charge in [0.05, 0.1) is 12.7 Å². The van der Waals surface area contributed by atoms with Crippen LogP contribution in [0.2, 0.25) is 0 Å². The van der Waals surface area contributed by atoms with Crippen molar-refractivity contribution >= 4 is 22.8 Å². The third kappa shape index (κ3) is 3.36. The number of carbonyl (C=O) groups excluding carboxylic acids is 2. The summed E-state index contributed by atoms with van der Waals surface area (Å²) in [4.78, 5) is 30.2. The Bertz CT molecular complexity index is 824. The highest BCUT2D eigenvalue weighted by atomic mass is 16.2. The lowest BCUT2D eigenvalue weighted by atomic mass is 10.00. The van der Waals surface area contributed by atoms with Gasteiger partial charge in [0.2, 0.25) is 11.8 Å². The van der Waals surface area contributed by atoms with Gasteiger partial charge < -0.3 is 10.2 Å². The van der Waals surface area contributed by atoms with E-state index in [0.29, 0.717) is 25.9 Å². The summed E-state index contributed by atoms with van der Waals surface area (Å²) < 4.78 is 1.93. The maximum absolute atomic E-state index is 12.4. The normalized spacial score (nSPS) is 15.1. The topological polar surface area (TPSA) is 80.1 Å². The standard InChI is InChI=1S/C18H25N5O2/c1-11(2)23-18-15(9-20-23)12(3)14(13(4)21-18)5-6-17(25)22-8-7-19-16(24)10-22/h9,11H,5-8,10H2,1-4H3,(H,19,24). The van der Waals surface area contributed by atoms with Crippen molar-refractivity contribution in [1.29, 1.82) is 0 Å². The first kappa shape index (κ1) is 17.4. The van der Waals surface area contributed by atoms with Gasteiger partial charge in [0.25, 0.3) is 0 Å². The van der Waals surface area contributed by atoms with Gasteiger partial charge in [-0.05, 0) is 45.2 Å². The molecule has 0 spiro atoms. The first-order chi connectivity index (χ1) is 11.9. The van der Waals surface area contributed by atoms with Crippen LogP contribution in [0.5, 0.6) is 0 Å². The quantitative estimate of drug-likeness (QED) is 0.913. The Morgan fingerprint density at radius 1 is 1.36 bits per heavy atom. The molecule has 0 aromatic carbocycles. The van der Waals surface area contributed by atoms with E-state index in [1.165, 1.54) is 0 Å². The van der Waals surface area contributed by atoms with Crippen molar-refractivity contribution in [2.24, 2.45) is 0 Å². The van der Waals surface area contributed by atoms with Gasteiger partial charge in [0.1, 0.15) is 0 Å². The zero-order valence-electron chi connectivity index (χ0n) is 15.3. The van der Waals surface area contributed by atoms with Crippen molar-refractivity contribution in [2.45, 2.75) is 46.6 Å². The fourth-order valence-electron chi connectivity index (χ4n) is 3.38. The Balaban J connectivity index is 1.79. The average Bonchev–Trinajstić information content (AvgIpc) is 2.98. The van der Waals surface area contributed by atoms with E-state index in [1.54, 1.807) is 4.90 Å². The number of rotatable bonds is 4. The van der Waals surface area contributed by atoms with Crippen LogP contribution in [0.1, 0.15) is 43.1 Å². The molecule has 2 amide bonds. The summed E-state index contributed by atoms with van der Waals surface area (Å²) in [7, 11) is 0. The minimum Gasteiger partial charge on any atom is -0.353 e. The van der Waals surface area contributed by atoms with Crippen LogP contribution in [0.3, 0.4) is 0 Å². The molecule has 1 aliphatic rings. The highest BCUT2D eigenvalue weighted by Crippen LogP contribution is 2.25. The molecule has 0 bridgehead atoms. The van der Waals surface area contributed by atoms with Crippen LogP contribution in [0.4, 0.5) is 0 Å². The Labute approximate surface area is 147 Å². The van der Waals surface area contributed by atoms with E-state index in [9.17, 15) is 9.59 Å². The van der Waals surface area contributed by atoms with Gasteiger partial charge in [-0.2, -0.15) is 5.10 Å². The fraction of sp³-hybridized carbons (Fsp3) is 0.556. The van der Waals surface area contributed by atoms with Gasteiger partial charge in [-0.25, -0.2) is 9.67 Å². The summed E-state index contributed by atoms with van der Waals surface area (Å²) >= 11 is 0. The molecule has 25 heavy (non-hydrogen) atoms. The minimum absolute atomic E-state index is 0.0200. The predicted octanol–water partition coefficient (Wildman–Crippen LogP) is 1.52. The van der Waals surface area contributed by atoms with Crippen molar-refractivity contribution < 1.29 is 9.59 Å². The van der Waals surface area contributed by atoms with E-state index in [-0.39, 0.29) is 24.4 Å². The number of amides is 2. The summed E-state index contributed by atoms with van der Waals surface area (Å²) in [6.45, 7) is 9.50. The molecular weight excluding hydrogens is 318 g/mol. The van der Waals surface area contributed by atoms with Gasteiger partial charge in [-0.3, -0.25) is 9.59 Å². The van der Waals surface area contributed by atoms with Gasteiger partial charge in [-0.15, -0.1) is 0 Å². The Morgan fingerprint density at radius 3 is 2.80 bits per heavy atom. The van der Waals surface area contributed by atoms with Crippen LogP contribution >= 0.6 is 0 Å². The number of nitrogens with zero attached hydrogens (tertiary/aromatic N) is 4. The van der Waals surface area contributed by atoms with E-state index in [4.69, 9.17) is 4.98 Å². The minimum atomic E-state index is -0.0869. The third-order valence-electron chi connectivity index (χ3n) is 4.81. The molecule has 0 atom stereocenters. The number of hydrogen-bond donors (Lipinski definition) is 1. The second kappa shape index (κ2) is 6.82. The van der Waals surface area contributed by atoms with Crippen molar-refractivity contribution in [3.8, 4) is 0 Å². The second-order valence-electron chi connectivity index (χ2n) is 6.89. The van der Waals surface area contributed by atoms with Gasteiger partial charge in [0.15, 0.2) is 5.65 Å². The van der Waals surface area contributed by atoms with Crippen molar-refractivity contribution in [3.05, 3.63) is 23.0 Å². The number of nitrogens with one attached hydrogen (secondary N) is 1. The number of piperazine rings is 1. The molecule has 0 aliphatic carbocycles. The van der Waals surface area contributed by atoms with Crippen LogP contribution in [-0.2, 0) is 16.0 Å². The maximum Gasteiger partial charge on any atom is 0.239 e. The molecule has 7 nitrogen and oxygen atoms in total. The van der Waals surface area contributed by atoms with Crippen LogP contribution in [0.15, 0.2) is 6.20 Å². The summed E-state index contributed by atoms with van der Waals surface area (Å²) in [6.07, 6.45) is 2.88. The zero-order chi connectivity index (χ0) is 18.1. The Hall–Kier alpha value is -2.44. The summed E-state index contributed by atoms with van der Waals surface area (Å²) in [5, 5.41) is 8.23. The molecule has 1 N–H and O–H groups in total. The second-order valence-corrected chi connectivity index (χ2v) is 6.89. The number of carbonyl (C=O) groups is 2. The largest absolute Gasteiger partial charge is 0.353 e. The van der Waals surface area contributed by atoms with Gasteiger partial charge in [-0.1, -0.05) is 0 Å². The van der Waals surface area contributed by atoms with Crippen LogP contribution in [0.25, 0.3) is 11.0 Å². The molecule has 7 heteroatoms. The first-order valence-corrected chi connectivity index (χ1v) is 8.76. The number of aryl methyl sites for hydroxylation is 2. The molecule has 1 fully saturated rings. The number of aromatic nitrogens is 3. The summed E-state index contributed by atoms with van der Waals surface area (Å²) in [5.74, 6) is -0.0669. The van der Waals surface area contributed by atoms with E-state index >= 15 is 0 Å². The molecule has 1 saturated heterocycles. The highest BCUT2D eigenvalue weighted by molar-refractivity contribution is 5.86. The Kier molecular flexibility index (Phi) is 4.74. The summed E-state index contributed by atoms with van der Waals surface area (Å²) in [5.41, 5.74) is 4.08. The fourth-order valence-corrected chi connectivity index (χ4v) is 3.38. The number of hydrogen-bond acceptors (Lipinski definition) is 4. The molecule has 0 radical (unpaired) electrons. The van der Waals surface area contributed by atoms with E-state index in [1.807, 2.05) is 17.8 Å². The molecular formula is C18H25N5O2. The monoisotopic (exact) mass is 343 g/mol. The van der Waals surface area contributed by atoms with Crippen molar-refractivity contribution in [1.82, 2.24) is 25.0 Å². The smallest absolute Gasteiger partial charge is 0.239 e. The molecule has 3 heterocycles. The number of fused-ring (bicyclic) bond motifs is 1. The lowest BCUT2D eigenvalue weighted by molar-refractivity contribution is -0.138. The predicted molar refractivity (Wildman–Crippen MR) is 95.3 cm³/mol. The number of pyridine rings is 1. The lowest BCUT2D eigenvalue weighted by Gasteiger charge is -2.26. The van der Waals surface area contributed by atoms with E-state index < -0.39 is 0 Å². The highest BCUT2D eigenvalue weighted by Gasteiger charge is 2.22. The van der Waals surface area contributed by atoms with Gasteiger partial charge in [0, 0.05) is 36.6 Å². The molecule has 0 unspecified atom stereocenters. The molecule has 2 aromatic heterocycles. The SMILES string of the molecule is Cc1nc2c(cnn2C(C)C)c(C)c1CCC(=O)N1CCNC(=O)C1. The zero-order valence-corrected chi connectivity index (χ0v) is 15.3. The third-order valence-corrected chi connectivity index (χ3v) is 4.81. The van der Waals surface area contributed by atoms with E-state index in [0.717, 1.165) is 27.9 Å². The first-order valence-electron chi connectivity index (χ1n) is 8.76. The average molecular weight is 343 g/mol. The van der Waals surface area contributed by atoms with Crippen LogP contribution in [0, 0.1) is 13.8 Å².